The van der Waals surface area contributed by atoms with Gasteiger partial charge in [-0.2, -0.15) is 0 Å². The molecule has 5 nitrogen and oxygen atoms in total. The fraction of sp³-hybridized carbons (Fsp3) is 0.381. The Kier molecular flexibility index (Phi) is 4.52. The van der Waals surface area contributed by atoms with Crippen LogP contribution in [0.2, 0.25) is 5.02 Å². The normalized spacial score (nSPS) is 19.5. The summed E-state index contributed by atoms with van der Waals surface area (Å²) in [6, 6.07) is 9.08. The van der Waals surface area contributed by atoms with E-state index in [1.54, 1.807) is 31.4 Å². The summed E-state index contributed by atoms with van der Waals surface area (Å²) in [4.78, 5) is 13.0. The quantitative estimate of drug-likeness (QED) is 0.586. The SMILES string of the molecule is COc1c2c(cc3c1[C@H](CC(=O)c1ccc(Cl)cc1)[N+](C)(C)CC3)OCO2. The zero-order chi connectivity index (χ0) is 19.2. The molecule has 0 aliphatic carbocycles. The highest BCUT2D eigenvalue weighted by Crippen LogP contribution is 2.51. The molecule has 0 N–H and O–H groups in total. The Hall–Kier alpha value is -2.24. The topological polar surface area (TPSA) is 44.8 Å². The summed E-state index contributed by atoms with van der Waals surface area (Å²) in [5.74, 6) is 2.15. The number of ether oxygens (including phenoxy) is 3. The van der Waals surface area contributed by atoms with Gasteiger partial charge in [-0.25, -0.2) is 0 Å². The molecule has 6 heteroatoms. The number of likely N-dealkylation sites (N-methyl/N-ethyl adjacent to an activating group) is 1. The molecule has 2 aliphatic rings. The molecule has 27 heavy (non-hydrogen) atoms. The van der Waals surface area contributed by atoms with Gasteiger partial charge in [0.25, 0.3) is 0 Å². The van der Waals surface area contributed by atoms with E-state index in [0.717, 1.165) is 24.3 Å². The van der Waals surface area contributed by atoms with Crippen LogP contribution in [0.15, 0.2) is 30.3 Å². The van der Waals surface area contributed by atoms with Crippen LogP contribution in [0.1, 0.15) is 33.9 Å². The van der Waals surface area contributed by atoms with Gasteiger partial charge in [0.2, 0.25) is 12.5 Å². The Morgan fingerprint density at radius 2 is 2.00 bits per heavy atom. The van der Waals surface area contributed by atoms with Crippen LogP contribution < -0.4 is 14.2 Å². The van der Waals surface area contributed by atoms with Crippen LogP contribution >= 0.6 is 11.6 Å². The molecule has 0 saturated carbocycles. The predicted molar refractivity (Wildman–Crippen MR) is 103 cm³/mol. The van der Waals surface area contributed by atoms with E-state index >= 15 is 0 Å². The van der Waals surface area contributed by atoms with Crippen molar-refractivity contribution < 1.29 is 23.5 Å². The maximum Gasteiger partial charge on any atom is 0.231 e. The minimum atomic E-state index is -0.0265. The van der Waals surface area contributed by atoms with Crippen molar-refractivity contribution in [2.24, 2.45) is 0 Å². The molecule has 0 aromatic heterocycles. The molecule has 4 rings (SSSR count). The number of carbonyl (C=O) groups is 1. The number of Topliss-reactive ketones (excluding diaryl/α,β-unsaturated/α-hetero) is 1. The first kappa shape index (κ1) is 18.1. The van der Waals surface area contributed by atoms with Crippen molar-refractivity contribution in [1.29, 1.82) is 0 Å². The van der Waals surface area contributed by atoms with Crippen molar-refractivity contribution in [2.75, 3.05) is 34.5 Å². The summed E-state index contributed by atoms with van der Waals surface area (Å²) in [7, 11) is 5.96. The second-order valence-corrected chi connectivity index (χ2v) is 8.06. The molecule has 142 valence electrons. The molecule has 0 spiro atoms. The van der Waals surface area contributed by atoms with Crippen molar-refractivity contribution in [2.45, 2.75) is 18.9 Å². The summed E-state index contributed by atoms with van der Waals surface area (Å²) < 4.78 is 17.7. The van der Waals surface area contributed by atoms with Gasteiger partial charge in [-0.3, -0.25) is 4.79 Å². The molecule has 0 bridgehead atoms. The molecule has 0 unspecified atom stereocenters. The number of rotatable bonds is 4. The van der Waals surface area contributed by atoms with Crippen LogP contribution in [0.25, 0.3) is 0 Å². The zero-order valence-electron chi connectivity index (χ0n) is 15.8. The Morgan fingerprint density at radius 1 is 1.26 bits per heavy atom. The van der Waals surface area contributed by atoms with Gasteiger partial charge in [0.15, 0.2) is 17.3 Å². The molecule has 0 saturated heterocycles. The number of halogens is 1. The third-order valence-corrected chi connectivity index (χ3v) is 5.88. The van der Waals surface area contributed by atoms with Gasteiger partial charge in [0.05, 0.1) is 39.7 Å². The lowest BCUT2D eigenvalue weighted by molar-refractivity contribution is -0.922. The average Bonchev–Trinajstić information content (AvgIpc) is 3.11. The fourth-order valence-electron chi connectivity index (χ4n) is 4.04. The Morgan fingerprint density at radius 3 is 2.70 bits per heavy atom. The number of quaternary nitrogens is 1. The summed E-state index contributed by atoms with van der Waals surface area (Å²) in [5.41, 5.74) is 2.90. The lowest BCUT2D eigenvalue weighted by Gasteiger charge is -2.43. The third-order valence-electron chi connectivity index (χ3n) is 5.63. The predicted octanol–water partition coefficient (Wildman–Crippen LogP) is 4.02. The van der Waals surface area contributed by atoms with Crippen LogP contribution in [0, 0.1) is 0 Å². The first-order valence-electron chi connectivity index (χ1n) is 9.01. The van der Waals surface area contributed by atoms with E-state index in [4.69, 9.17) is 25.8 Å². The summed E-state index contributed by atoms with van der Waals surface area (Å²) in [6.07, 6.45) is 1.29. The van der Waals surface area contributed by atoms with Crippen LogP contribution in [0.3, 0.4) is 0 Å². The number of hydrogen-bond acceptors (Lipinski definition) is 4. The van der Waals surface area contributed by atoms with Crippen LogP contribution in [-0.4, -0.2) is 44.8 Å². The Labute approximate surface area is 164 Å². The van der Waals surface area contributed by atoms with Gasteiger partial charge in [0.1, 0.15) is 6.04 Å². The van der Waals surface area contributed by atoms with Crippen molar-refractivity contribution >= 4 is 17.4 Å². The molecule has 0 fully saturated rings. The minimum Gasteiger partial charge on any atom is -0.492 e. The zero-order valence-corrected chi connectivity index (χ0v) is 16.5. The highest BCUT2D eigenvalue weighted by Gasteiger charge is 2.42. The highest BCUT2D eigenvalue weighted by atomic mass is 35.5. The highest BCUT2D eigenvalue weighted by molar-refractivity contribution is 6.30. The summed E-state index contributed by atoms with van der Waals surface area (Å²) in [6.45, 7) is 1.13. The smallest absolute Gasteiger partial charge is 0.231 e. The third kappa shape index (κ3) is 3.15. The number of hydrogen-bond donors (Lipinski definition) is 0. The van der Waals surface area contributed by atoms with Crippen molar-refractivity contribution in [1.82, 2.24) is 0 Å². The molecular weight excluding hydrogens is 366 g/mol. The average molecular weight is 389 g/mol. The van der Waals surface area contributed by atoms with Gasteiger partial charge in [-0.1, -0.05) is 11.6 Å². The maximum atomic E-state index is 13.0. The van der Waals surface area contributed by atoms with Crippen molar-refractivity contribution in [3.05, 3.63) is 52.0 Å². The molecular formula is C21H23ClNO4+. The summed E-state index contributed by atoms with van der Waals surface area (Å²) in [5, 5.41) is 0.625. The van der Waals surface area contributed by atoms with E-state index < -0.39 is 0 Å². The molecule has 2 aromatic rings. The van der Waals surface area contributed by atoms with Gasteiger partial charge >= 0.3 is 0 Å². The van der Waals surface area contributed by atoms with E-state index in [-0.39, 0.29) is 18.6 Å². The molecule has 1 atom stereocenters. The van der Waals surface area contributed by atoms with E-state index in [1.807, 2.05) is 6.07 Å². The van der Waals surface area contributed by atoms with E-state index in [2.05, 4.69) is 14.1 Å². The monoisotopic (exact) mass is 388 g/mol. The number of carbonyl (C=O) groups excluding carboxylic acids is 1. The van der Waals surface area contributed by atoms with Gasteiger partial charge in [-0.15, -0.1) is 0 Å². The number of benzene rings is 2. The Balaban J connectivity index is 1.76. The first-order valence-corrected chi connectivity index (χ1v) is 9.39. The number of nitrogens with zero attached hydrogens (tertiary/aromatic N) is 1. The van der Waals surface area contributed by atoms with Crippen molar-refractivity contribution in [3.8, 4) is 17.2 Å². The Bertz CT molecular complexity index is 892. The van der Waals surface area contributed by atoms with Gasteiger partial charge in [-0.05, 0) is 35.9 Å². The van der Waals surface area contributed by atoms with Crippen molar-refractivity contribution in [3.63, 3.8) is 0 Å². The molecule has 2 aliphatic heterocycles. The summed E-state index contributed by atoms with van der Waals surface area (Å²) >= 11 is 5.96. The fourth-order valence-corrected chi connectivity index (χ4v) is 4.17. The van der Waals surface area contributed by atoms with Gasteiger partial charge in [0, 0.05) is 17.0 Å². The first-order chi connectivity index (χ1) is 12.9. The molecule has 2 aromatic carbocycles. The maximum absolute atomic E-state index is 13.0. The van der Waals surface area contributed by atoms with Crippen LogP contribution in [0.5, 0.6) is 17.2 Å². The van der Waals surface area contributed by atoms with Gasteiger partial charge < -0.3 is 18.7 Å². The second-order valence-electron chi connectivity index (χ2n) is 7.62. The lowest BCUT2D eigenvalue weighted by atomic mass is 9.86. The number of methoxy groups -OCH3 is 1. The number of fused-ring (bicyclic) bond motifs is 2. The number of ketones is 1. The lowest BCUT2D eigenvalue weighted by Crippen LogP contribution is -2.48. The van der Waals surface area contributed by atoms with E-state index in [1.165, 1.54) is 5.56 Å². The van der Waals surface area contributed by atoms with E-state index in [9.17, 15) is 4.79 Å². The second kappa shape index (κ2) is 6.73. The molecule has 0 amide bonds. The van der Waals surface area contributed by atoms with Crippen LogP contribution in [-0.2, 0) is 6.42 Å². The molecule has 2 heterocycles. The van der Waals surface area contributed by atoms with E-state index in [0.29, 0.717) is 33.0 Å². The minimum absolute atomic E-state index is 0.0265. The molecule has 0 radical (unpaired) electrons. The largest absolute Gasteiger partial charge is 0.492 e. The standard InChI is InChI=1S/C21H23ClNO4/c1-23(2)9-8-14-10-18-20(27-12-26-18)21(25-3)19(14)16(23)11-17(24)13-4-6-15(22)7-5-13/h4-7,10,16H,8-9,11-12H2,1-3H3/q+1/t16-/m0/s1. The van der Waals surface area contributed by atoms with Crippen LogP contribution in [0.4, 0.5) is 0 Å².